The Hall–Kier alpha value is -2.66. The molecule has 382 valence electrons. The Morgan fingerprint density at radius 1 is 0.333 bits per heavy atom. The third kappa shape index (κ3) is 54.0. The quantitative estimate of drug-likeness (QED) is 0.0346. The summed E-state index contributed by atoms with van der Waals surface area (Å²) < 4.78 is 17.4. The van der Waals surface area contributed by atoms with Crippen LogP contribution in [0.25, 0.3) is 0 Å². The second-order valence-electron chi connectivity index (χ2n) is 18.8. The number of carbonyl (C=O) groups excluding carboxylic acids is 2. The number of hydrogen-bond acceptors (Lipinski definition) is 5. The Morgan fingerprint density at radius 2 is 0.652 bits per heavy atom. The van der Waals surface area contributed by atoms with Gasteiger partial charge in [0.2, 0.25) is 0 Å². The first-order chi connectivity index (χ1) is 32.6. The molecular formula is C61H108O5. The lowest BCUT2D eigenvalue weighted by molar-refractivity contribution is -0.162. The molecule has 0 saturated carbocycles. The van der Waals surface area contributed by atoms with E-state index in [9.17, 15) is 9.59 Å². The monoisotopic (exact) mass is 921 g/mol. The lowest BCUT2D eigenvalue weighted by Gasteiger charge is -2.18. The molecule has 1 atom stereocenters. The van der Waals surface area contributed by atoms with Gasteiger partial charge in [0, 0.05) is 19.4 Å². The molecule has 0 unspecified atom stereocenters. The van der Waals surface area contributed by atoms with E-state index in [-0.39, 0.29) is 25.2 Å². The summed E-state index contributed by atoms with van der Waals surface area (Å²) >= 11 is 0. The van der Waals surface area contributed by atoms with Crippen molar-refractivity contribution in [3.8, 4) is 0 Å². The molecule has 0 aliphatic rings. The molecule has 0 fully saturated rings. The number of hydrogen-bond donors (Lipinski definition) is 0. The number of esters is 2. The smallest absolute Gasteiger partial charge is 0.306 e. The third-order valence-corrected chi connectivity index (χ3v) is 12.2. The summed E-state index contributed by atoms with van der Waals surface area (Å²) in [6.07, 6.45) is 73.5. The van der Waals surface area contributed by atoms with Gasteiger partial charge in [-0.3, -0.25) is 9.59 Å². The third-order valence-electron chi connectivity index (χ3n) is 12.2. The Balaban J connectivity index is 4.36. The van der Waals surface area contributed by atoms with Crippen molar-refractivity contribution in [3.05, 3.63) is 72.9 Å². The topological polar surface area (TPSA) is 61.8 Å². The van der Waals surface area contributed by atoms with E-state index in [1.165, 1.54) is 173 Å². The molecule has 0 aliphatic carbocycles. The molecule has 5 nitrogen and oxygen atoms in total. The minimum atomic E-state index is -0.569. The molecule has 66 heavy (non-hydrogen) atoms. The van der Waals surface area contributed by atoms with Crippen molar-refractivity contribution in [1.29, 1.82) is 0 Å². The van der Waals surface area contributed by atoms with Gasteiger partial charge in [-0.25, -0.2) is 0 Å². The molecule has 0 rings (SSSR count). The van der Waals surface area contributed by atoms with Gasteiger partial charge in [-0.05, 0) is 89.9 Å². The largest absolute Gasteiger partial charge is 0.462 e. The maximum Gasteiger partial charge on any atom is 0.306 e. The fourth-order valence-electron chi connectivity index (χ4n) is 7.95. The van der Waals surface area contributed by atoms with Gasteiger partial charge in [-0.1, -0.05) is 248 Å². The van der Waals surface area contributed by atoms with Gasteiger partial charge < -0.3 is 14.2 Å². The molecule has 0 saturated heterocycles. The zero-order valence-corrected chi connectivity index (χ0v) is 44.0. The molecule has 0 aromatic carbocycles. The Bertz CT molecular complexity index is 1180. The highest BCUT2D eigenvalue weighted by Crippen LogP contribution is 2.15. The van der Waals surface area contributed by atoms with Crippen molar-refractivity contribution in [2.24, 2.45) is 0 Å². The first-order valence-corrected chi connectivity index (χ1v) is 28.5. The van der Waals surface area contributed by atoms with Gasteiger partial charge in [-0.2, -0.15) is 0 Å². The van der Waals surface area contributed by atoms with Gasteiger partial charge in [0.1, 0.15) is 6.61 Å². The number of ether oxygens (including phenoxy) is 3. The normalized spacial score (nSPS) is 12.7. The lowest BCUT2D eigenvalue weighted by Crippen LogP contribution is -2.30. The average Bonchev–Trinajstić information content (AvgIpc) is 3.32. The number of rotatable bonds is 52. The lowest BCUT2D eigenvalue weighted by atomic mass is 10.0. The predicted octanol–water partition coefficient (Wildman–Crippen LogP) is 19.5. The van der Waals surface area contributed by atoms with Crippen molar-refractivity contribution < 1.29 is 23.8 Å². The second-order valence-corrected chi connectivity index (χ2v) is 18.8. The van der Waals surface area contributed by atoms with Crippen LogP contribution in [0, 0.1) is 0 Å². The van der Waals surface area contributed by atoms with Crippen LogP contribution in [-0.4, -0.2) is 37.9 Å². The van der Waals surface area contributed by atoms with Gasteiger partial charge in [0.05, 0.1) is 6.61 Å². The molecule has 0 aromatic rings. The fraction of sp³-hybridized carbons (Fsp3) is 0.770. The van der Waals surface area contributed by atoms with E-state index in [4.69, 9.17) is 14.2 Å². The summed E-state index contributed by atoms with van der Waals surface area (Å²) in [6.45, 7) is 7.74. The maximum atomic E-state index is 12.8. The van der Waals surface area contributed by atoms with Crippen molar-refractivity contribution in [2.45, 2.75) is 284 Å². The van der Waals surface area contributed by atoms with E-state index in [1.54, 1.807) is 0 Å². The van der Waals surface area contributed by atoms with Crippen LogP contribution in [0.2, 0.25) is 0 Å². The van der Waals surface area contributed by atoms with E-state index >= 15 is 0 Å². The predicted molar refractivity (Wildman–Crippen MR) is 288 cm³/mol. The summed E-state index contributed by atoms with van der Waals surface area (Å²) in [5.41, 5.74) is 0. The van der Waals surface area contributed by atoms with Crippen molar-refractivity contribution in [3.63, 3.8) is 0 Å². The van der Waals surface area contributed by atoms with E-state index in [0.717, 1.165) is 70.6 Å². The number of unbranched alkanes of at least 4 members (excludes halogenated alkanes) is 29. The number of carbonyl (C=O) groups is 2. The van der Waals surface area contributed by atoms with Crippen molar-refractivity contribution in [1.82, 2.24) is 0 Å². The summed E-state index contributed by atoms with van der Waals surface area (Å²) in [5.74, 6) is -0.462. The summed E-state index contributed by atoms with van der Waals surface area (Å²) in [6, 6.07) is 0. The molecule has 0 heterocycles. The first kappa shape index (κ1) is 63.3. The molecule has 0 amide bonds. The summed E-state index contributed by atoms with van der Waals surface area (Å²) in [7, 11) is 0. The highest BCUT2D eigenvalue weighted by Gasteiger charge is 2.17. The summed E-state index contributed by atoms with van der Waals surface area (Å²) in [5, 5.41) is 0. The molecule has 0 radical (unpaired) electrons. The zero-order chi connectivity index (χ0) is 47.7. The van der Waals surface area contributed by atoms with Gasteiger partial charge in [0.15, 0.2) is 6.10 Å². The van der Waals surface area contributed by atoms with E-state index in [2.05, 4.69) is 93.7 Å². The highest BCUT2D eigenvalue weighted by molar-refractivity contribution is 5.70. The minimum Gasteiger partial charge on any atom is -0.462 e. The first-order valence-electron chi connectivity index (χ1n) is 28.5. The summed E-state index contributed by atoms with van der Waals surface area (Å²) in [4.78, 5) is 25.5. The maximum absolute atomic E-state index is 12.8. The van der Waals surface area contributed by atoms with Crippen LogP contribution in [0.3, 0.4) is 0 Å². The van der Waals surface area contributed by atoms with Gasteiger partial charge >= 0.3 is 11.9 Å². The fourth-order valence-corrected chi connectivity index (χ4v) is 7.95. The molecule has 0 bridgehead atoms. The van der Waals surface area contributed by atoms with Crippen LogP contribution in [0.15, 0.2) is 72.9 Å². The average molecular weight is 922 g/mol. The molecule has 5 heteroatoms. The molecule has 0 aromatic heterocycles. The molecule has 0 aliphatic heterocycles. The SMILES string of the molecule is CCCCC/C=C\C/C=C\C/C=C\C/C=C\CCCC(=O)O[C@H](COCCCCCCCCCCCCCCCCCC)COC(=O)CCCCCCCCC/C=C\C/C=C\CCCCC. The molecular weight excluding hydrogens is 813 g/mol. The molecule has 0 N–H and O–H groups in total. The van der Waals surface area contributed by atoms with E-state index in [0.29, 0.717) is 19.4 Å². The van der Waals surface area contributed by atoms with Crippen LogP contribution in [-0.2, 0) is 23.8 Å². The molecule has 0 spiro atoms. The van der Waals surface area contributed by atoms with Crippen LogP contribution in [0.5, 0.6) is 0 Å². The highest BCUT2D eigenvalue weighted by atomic mass is 16.6. The zero-order valence-electron chi connectivity index (χ0n) is 44.0. The Morgan fingerprint density at radius 3 is 1.09 bits per heavy atom. The van der Waals surface area contributed by atoms with Crippen LogP contribution >= 0.6 is 0 Å². The number of allylic oxidation sites excluding steroid dienone is 12. The van der Waals surface area contributed by atoms with Crippen molar-refractivity contribution >= 4 is 11.9 Å². The van der Waals surface area contributed by atoms with Gasteiger partial charge in [-0.15, -0.1) is 0 Å². The van der Waals surface area contributed by atoms with Gasteiger partial charge in [0.25, 0.3) is 0 Å². The van der Waals surface area contributed by atoms with Crippen LogP contribution < -0.4 is 0 Å². The van der Waals surface area contributed by atoms with Crippen LogP contribution in [0.4, 0.5) is 0 Å². The van der Waals surface area contributed by atoms with E-state index < -0.39 is 6.10 Å². The Labute approximate surface area is 410 Å². The standard InChI is InChI=1S/C61H108O5/c1-4-7-10-13-16-19-22-25-28-31-33-36-39-42-45-48-51-54-60(62)65-58-59(57-64-56-53-50-47-44-41-38-35-30-27-24-21-18-15-12-9-6-3)66-61(63)55-52-49-46-43-40-37-34-32-29-26-23-20-17-14-11-8-5-2/h16-17,19-20,25-26,28-29,34,37,43,46,59H,4-15,18,21-24,27,30-33,35-36,38-42,44-45,47-58H2,1-3H3/b19-16-,20-17-,28-25-,29-26-,37-34-,46-43-/t59-/m1/s1. The Kier molecular flexibility index (Phi) is 54.4. The minimum absolute atomic E-state index is 0.0599. The van der Waals surface area contributed by atoms with E-state index in [1.807, 2.05) is 0 Å². The van der Waals surface area contributed by atoms with Crippen LogP contribution in [0.1, 0.15) is 278 Å². The van der Waals surface area contributed by atoms with Crippen molar-refractivity contribution in [2.75, 3.05) is 19.8 Å². The second kappa shape index (κ2) is 56.7.